The molecule has 1 fully saturated rings. The van der Waals surface area contributed by atoms with Gasteiger partial charge in [-0.1, -0.05) is 0 Å². The molecule has 2 aliphatic heterocycles. The third-order valence-electron chi connectivity index (χ3n) is 4.99. The number of alkyl carbamates (subject to hydrolysis) is 1. The number of benzene rings is 1. The van der Waals surface area contributed by atoms with Crippen molar-refractivity contribution in [2.45, 2.75) is 51.4 Å². The summed E-state index contributed by atoms with van der Waals surface area (Å²) in [6, 6.07) is 0. The van der Waals surface area contributed by atoms with E-state index in [4.69, 9.17) is 9.47 Å². The monoisotopic (exact) mass is 474 g/mol. The van der Waals surface area contributed by atoms with Gasteiger partial charge in [-0.2, -0.15) is 0 Å². The first kappa shape index (κ1) is 21.6. The second-order valence-electron chi connectivity index (χ2n) is 8.21. The highest BCUT2D eigenvalue weighted by molar-refractivity contribution is 9.10. The Balaban J connectivity index is 1.95. The average molecular weight is 475 g/mol. The fourth-order valence-electron chi connectivity index (χ4n) is 3.69. The quantitative estimate of drug-likeness (QED) is 0.615. The van der Waals surface area contributed by atoms with Crippen LogP contribution in [0.25, 0.3) is 0 Å². The van der Waals surface area contributed by atoms with Crippen LogP contribution in [0.5, 0.6) is 5.75 Å². The number of carbonyl (C=O) groups is 2. The van der Waals surface area contributed by atoms with Crippen molar-refractivity contribution in [3.8, 4) is 5.75 Å². The second-order valence-corrected chi connectivity index (χ2v) is 9.00. The largest absolute Gasteiger partial charge is 0.491 e. The Morgan fingerprint density at radius 1 is 1.41 bits per heavy atom. The molecule has 0 radical (unpaired) electrons. The number of aliphatic hydroxyl groups excluding tert-OH is 1. The summed E-state index contributed by atoms with van der Waals surface area (Å²) >= 11 is 3.20. The standard InChI is InChI=1S/C19H24BrFN2O6/c1-18(2,3)29-17(27)22-19(16(25)26)5-6-23(9-19)14-11(8-24)12(20)13(21)10-4-7-28-15(10)14/h24H,4-9H2,1-3H3,(H,22,27)(H,25,26)/t19-/m1/s1. The maximum atomic E-state index is 14.6. The topological polar surface area (TPSA) is 108 Å². The minimum Gasteiger partial charge on any atom is -0.491 e. The summed E-state index contributed by atoms with van der Waals surface area (Å²) < 4.78 is 25.6. The number of halogens is 2. The third kappa shape index (κ3) is 4.00. The van der Waals surface area contributed by atoms with Gasteiger partial charge in [-0.15, -0.1) is 0 Å². The van der Waals surface area contributed by atoms with Crippen LogP contribution in [0.3, 0.4) is 0 Å². The zero-order valence-electron chi connectivity index (χ0n) is 16.5. The molecule has 0 aromatic heterocycles. The van der Waals surface area contributed by atoms with Crippen molar-refractivity contribution in [3.63, 3.8) is 0 Å². The zero-order valence-corrected chi connectivity index (χ0v) is 18.1. The van der Waals surface area contributed by atoms with Gasteiger partial charge >= 0.3 is 12.1 Å². The molecule has 3 N–H and O–H groups in total. The molecule has 29 heavy (non-hydrogen) atoms. The molecule has 2 heterocycles. The van der Waals surface area contributed by atoms with Crippen molar-refractivity contribution in [3.05, 3.63) is 21.4 Å². The first-order valence-electron chi connectivity index (χ1n) is 9.25. The van der Waals surface area contributed by atoms with Gasteiger partial charge in [0.2, 0.25) is 0 Å². The fourth-order valence-corrected chi connectivity index (χ4v) is 4.24. The van der Waals surface area contributed by atoms with Gasteiger partial charge in [-0.3, -0.25) is 0 Å². The summed E-state index contributed by atoms with van der Waals surface area (Å²) in [7, 11) is 0. The van der Waals surface area contributed by atoms with E-state index in [1.165, 1.54) is 0 Å². The van der Waals surface area contributed by atoms with Crippen molar-refractivity contribution in [2.75, 3.05) is 24.6 Å². The Morgan fingerprint density at radius 2 is 2.10 bits per heavy atom. The summed E-state index contributed by atoms with van der Waals surface area (Å²) in [6.45, 7) is 5.08. The summed E-state index contributed by atoms with van der Waals surface area (Å²) in [5.74, 6) is -1.37. The summed E-state index contributed by atoms with van der Waals surface area (Å²) in [4.78, 5) is 26.0. The van der Waals surface area contributed by atoms with E-state index in [9.17, 15) is 24.2 Å². The smallest absolute Gasteiger partial charge is 0.408 e. The molecule has 3 rings (SSSR count). The number of ether oxygens (including phenoxy) is 2. The maximum absolute atomic E-state index is 14.6. The summed E-state index contributed by atoms with van der Waals surface area (Å²) in [5.41, 5.74) is -1.25. The van der Waals surface area contributed by atoms with Crippen LogP contribution < -0.4 is 15.0 Å². The Hall–Kier alpha value is -2.07. The second kappa shape index (κ2) is 7.64. The van der Waals surface area contributed by atoms with Crippen LogP contribution in [0.15, 0.2) is 4.47 Å². The van der Waals surface area contributed by atoms with Crippen molar-refractivity contribution >= 4 is 33.7 Å². The van der Waals surface area contributed by atoms with Gasteiger partial charge in [0.05, 0.1) is 29.9 Å². The fraction of sp³-hybridized carbons (Fsp3) is 0.579. The normalized spacial score (nSPS) is 21.0. The van der Waals surface area contributed by atoms with Gasteiger partial charge in [0.1, 0.15) is 17.2 Å². The van der Waals surface area contributed by atoms with E-state index in [0.717, 1.165) is 0 Å². The molecule has 2 aliphatic rings. The van der Waals surface area contributed by atoms with Crippen molar-refractivity contribution in [2.24, 2.45) is 0 Å². The van der Waals surface area contributed by atoms with Crippen LogP contribution in [0, 0.1) is 5.82 Å². The summed E-state index contributed by atoms with van der Waals surface area (Å²) in [6.07, 6.45) is -0.339. The Morgan fingerprint density at radius 3 is 2.69 bits per heavy atom. The third-order valence-corrected chi connectivity index (χ3v) is 5.82. The van der Waals surface area contributed by atoms with Crippen LogP contribution in [0.4, 0.5) is 14.9 Å². The van der Waals surface area contributed by atoms with Crippen LogP contribution in [-0.2, 0) is 22.6 Å². The number of anilines is 1. The lowest BCUT2D eigenvalue weighted by atomic mass is 9.99. The van der Waals surface area contributed by atoms with Crippen molar-refractivity contribution < 1.29 is 33.7 Å². The number of carboxylic acid groups (broad SMARTS) is 1. The number of hydrogen-bond donors (Lipinski definition) is 3. The summed E-state index contributed by atoms with van der Waals surface area (Å²) in [5, 5.41) is 22.2. The Labute approximate surface area is 176 Å². The van der Waals surface area contributed by atoms with Crippen LogP contribution in [-0.4, -0.2) is 53.1 Å². The Kier molecular flexibility index (Phi) is 5.70. The molecule has 0 unspecified atom stereocenters. The molecule has 10 heteroatoms. The molecule has 1 saturated heterocycles. The van der Waals surface area contributed by atoms with Crippen LogP contribution in [0.1, 0.15) is 38.3 Å². The number of carboxylic acids is 1. The molecule has 1 atom stereocenters. The molecule has 0 spiro atoms. The van der Waals surface area contributed by atoms with Crippen LogP contribution in [0.2, 0.25) is 0 Å². The number of nitrogens with one attached hydrogen (secondary N) is 1. The number of amides is 1. The maximum Gasteiger partial charge on any atom is 0.408 e. The molecule has 0 aliphatic carbocycles. The van der Waals surface area contributed by atoms with E-state index >= 15 is 0 Å². The minimum absolute atomic E-state index is 0.0809. The van der Waals surface area contributed by atoms with E-state index in [0.29, 0.717) is 30.0 Å². The first-order valence-corrected chi connectivity index (χ1v) is 10.0. The SMILES string of the molecule is CC(C)(C)OC(=O)N[C@]1(C(=O)O)CCN(c2c(CO)c(Br)c(F)c3c2OCC3)C1. The van der Waals surface area contributed by atoms with Gasteiger partial charge in [0.25, 0.3) is 0 Å². The van der Waals surface area contributed by atoms with Crippen LogP contribution >= 0.6 is 15.9 Å². The van der Waals surface area contributed by atoms with Crippen molar-refractivity contribution in [1.82, 2.24) is 5.32 Å². The number of rotatable bonds is 4. The molecule has 0 bridgehead atoms. The zero-order chi connectivity index (χ0) is 21.6. The average Bonchev–Trinajstić information content (AvgIpc) is 3.24. The lowest BCUT2D eigenvalue weighted by molar-refractivity contribution is -0.143. The molecule has 8 nitrogen and oxygen atoms in total. The molecular formula is C19H24BrFN2O6. The number of carbonyl (C=O) groups excluding carboxylic acids is 1. The molecule has 1 amide bonds. The van der Waals surface area contributed by atoms with Gasteiger partial charge < -0.3 is 29.9 Å². The van der Waals surface area contributed by atoms with E-state index in [2.05, 4.69) is 21.2 Å². The molecular weight excluding hydrogens is 451 g/mol. The lowest BCUT2D eigenvalue weighted by Crippen LogP contribution is -2.57. The minimum atomic E-state index is -1.58. The Bertz CT molecular complexity index is 853. The molecule has 1 aromatic rings. The van der Waals surface area contributed by atoms with E-state index < -0.39 is 35.6 Å². The van der Waals surface area contributed by atoms with E-state index in [-0.39, 0.29) is 29.5 Å². The highest BCUT2D eigenvalue weighted by atomic mass is 79.9. The predicted molar refractivity (Wildman–Crippen MR) is 106 cm³/mol. The number of nitrogens with zero attached hydrogens (tertiary/aromatic N) is 1. The molecule has 1 aromatic carbocycles. The molecule has 160 valence electrons. The van der Waals surface area contributed by atoms with Gasteiger partial charge in [0, 0.05) is 30.5 Å². The number of aliphatic hydroxyl groups is 1. The predicted octanol–water partition coefficient (Wildman–Crippen LogP) is 2.57. The number of hydrogen-bond acceptors (Lipinski definition) is 6. The van der Waals surface area contributed by atoms with Crippen molar-refractivity contribution in [1.29, 1.82) is 0 Å². The van der Waals surface area contributed by atoms with E-state index in [1.807, 2.05) is 0 Å². The van der Waals surface area contributed by atoms with Gasteiger partial charge in [-0.25, -0.2) is 14.0 Å². The van der Waals surface area contributed by atoms with Gasteiger partial charge in [0.15, 0.2) is 5.54 Å². The number of fused-ring (bicyclic) bond motifs is 1. The van der Waals surface area contributed by atoms with Gasteiger partial charge in [-0.05, 0) is 36.7 Å². The highest BCUT2D eigenvalue weighted by Gasteiger charge is 2.48. The first-order chi connectivity index (χ1) is 13.5. The molecule has 0 saturated carbocycles. The van der Waals surface area contributed by atoms with E-state index in [1.54, 1.807) is 25.7 Å². The lowest BCUT2D eigenvalue weighted by Gasteiger charge is -2.30. The highest BCUT2D eigenvalue weighted by Crippen LogP contribution is 2.46. The number of aliphatic carboxylic acids is 1.